The summed E-state index contributed by atoms with van der Waals surface area (Å²) in [6, 6.07) is 6.49. The molecule has 1 aliphatic carbocycles. The van der Waals surface area contributed by atoms with Crippen LogP contribution in [0.2, 0.25) is 0 Å². The lowest BCUT2D eigenvalue weighted by Gasteiger charge is -2.31. The van der Waals surface area contributed by atoms with Crippen molar-refractivity contribution in [3.05, 3.63) is 35.6 Å². The number of benzene rings is 1. The first-order valence-corrected chi connectivity index (χ1v) is 7.25. The second-order valence-electron chi connectivity index (χ2n) is 5.69. The van der Waals surface area contributed by atoms with Gasteiger partial charge in [-0.2, -0.15) is 0 Å². The van der Waals surface area contributed by atoms with Crippen LogP contribution in [0, 0.1) is 11.7 Å². The van der Waals surface area contributed by atoms with E-state index in [1.54, 1.807) is 12.1 Å². The summed E-state index contributed by atoms with van der Waals surface area (Å²) in [7, 11) is 1.97. The summed E-state index contributed by atoms with van der Waals surface area (Å²) in [5.41, 5.74) is 1.02. The van der Waals surface area contributed by atoms with Crippen LogP contribution in [-0.2, 0) is 11.3 Å². The second kappa shape index (κ2) is 6.84. The van der Waals surface area contributed by atoms with Gasteiger partial charge in [-0.1, -0.05) is 31.4 Å². The van der Waals surface area contributed by atoms with E-state index in [2.05, 4.69) is 4.90 Å². The average molecular weight is 279 g/mol. The van der Waals surface area contributed by atoms with Crippen LogP contribution in [0.25, 0.3) is 0 Å². The van der Waals surface area contributed by atoms with E-state index in [1.165, 1.54) is 12.1 Å². The van der Waals surface area contributed by atoms with Gasteiger partial charge in [0.25, 0.3) is 0 Å². The van der Waals surface area contributed by atoms with Gasteiger partial charge in [0.1, 0.15) is 5.82 Å². The zero-order chi connectivity index (χ0) is 14.5. The molecule has 1 aromatic rings. The molecule has 0 aliphatic heterocycles. The summed E-state index contributed by atoms with van der Waals surface area (Å²) in [6.07, 6.45) is 4.88. The SMILES string of the molecule is CN(Cc1ccc(F)cc1)C1CCCCCC1C(=O)O. The average Bonchev–Trinajstić information content (AvgIpc) is 2.67. The molecule has 110 valence electrons. The van der Waals surface area contributed by atoms with E-state index in [-0.39, 0.29) is 17.8 Å². The minimum absolute atomic E-state index is 0.0695. The van der Waals surface area contributed by atoms with E-state index in [9.17, 15) is 14.3 Å². The number of rotatable bonds is 4. The van der Waals surface area contributed by atoms with Gasteiger partial charge in [0.05, 0.1) is 5.92 Å². The maximum Gasteiger partial charge on any atom is 0.308 e. The van der Waals surface area contributed by atoms with E-state index < -0.39 is 5.97 Å². The van der Waals surface area contributed by atoms with Gasteiger partial charge < -0.3 is 5.11 Å². The topological polar surface area (TPSA) is 40.5 Å². The highest BCUT2D eigenvalue weighted by Crippen LogP contribution is 2.28. The van der Waals surface area contributed by atoms with Crippen LogP contribution in [-0.4, -0.2) is 29.1 Å². The lowest BCUT2D eigenvalue weighted by Crippen LogP contribution is -2.40. The van der Waals surface area contributed by atoms with Gasteiger partial charge in [-0.3, -0.25) is 9.69 Å². The van der Waals surface area contributed by atoms with Gasteiger partial charge in [-0.25, -0.2) is 4.39 Å². The molecule has 0 spiro atoms. The van der Waals surface area contributed by atoms with E-state index in [4.69, 9.17) is 0 Å². The Morgan fingerprint density at radius 2 is 1.90 bits per heavy atom. The highest BCUT2D eigenvalue weighted by molar-refractivity contribution is 5.70. The number of carboxylic acids is 1. The lowest BCUT2D eigenvalue weighted by atomic mass is 9.93. The van der Waals surface area contributed by atoms with Gasteiger partial charge in [-0.05, 0) is 37.6 Å². The Kier molecular flexibility index (Phi) is 5.12. The van der Waals surface area contributed by atoms with E-state index in [0.717, 1.165) is 37.7 Å². The molecule has 0 saturated heterocycles. The van der Waals surface area contributed by atoms with Crippen molar-refractivity contribution < 1.29 is 14.3 Å². The predicted molar refractivity (Wildman–Crippen MR) is 75.9 cm³/mol. The number of carboxylic acid groups (broad SMARTS) is 1. The third kappa shape index (κ3) is 3.79. The van der Waals surface area contributed by atoms with Crippen LogP contribution in [0.15, 0.2) is 24.3 Å². The Balaban J connectivity index is 2.06. The Morgan fingerprint density at radius 1 is 1.25 bits per heavy atom. The molecule has 0 radical (unpaired) electrons. The van der Waals surface area contributed by atoms with Gasteiger partial charge in [0, 0.05) is 12.6 Å². The van der Waals surface area contributed by atoms with Gasteiger partial charge in [0.2, 0.25) is 0 Å². The van der Waals surface area contributed by atoms with Crippen LogP contribution in [0.1, 0.15) is 37.7 Å². The summed E-state index contributed by atoms with van der Waals surface area (Å²) < 4.78 is 12.9. The summed E-state index contributed by atoms with van der Waals surface area (Å²) in [5, 5.41) is 9.41. The first kappa shape index (κ1) is 15.0. The van der Waals surface area contributed by atoms with Gasteiger partial charge in [0.15, 0.2) is 0 Å². The maximum atomic E-state index is 12.9. The minimum atomic E-state index is -0.692. The zero-order valence-corrected chi connectivity index (χ0v) is 11.9. The number of aliphatic carboxylic acids is 1. The maximum absolute atomic E-state index is 12.9. The Morgan fingerprint density at radius 3 is 2.55 bits per heavy atom. The highest BCUT2D eigenvalue weighted by atomic mass is 19.1. The predicted octanol–water partition coefficient (Wildman–Crippen LogP) is 3.29. The van der Waals surface area contributed by atoms with Gasteiger partial charge >= 0.3 is 5.97 Å². The molecule has 2 rings (SSSR count). The summed E-state index contributed by atoms with van der Waals surface area (Å²) in [5.74, 6) is -1.22. The first-order chi connectivity index (χ1) is 9.58. The lowest BCUT2D eigenvalue weighted by molar-refractivity contribution is -0.144. The molecule has 2 atom stereocenters. The molecule has 20 heavy (non-hydrogen) atoms. The molecule has 1 fully saturated rings. The monoisotopic (exact) mass is 279 g/mol. The van der Waals surface area contributed by atoms with Crippen molar-refractivity contribution in [3.63, 3.8) is 0 Å². The van der Waals surface area contributed by atoms with Crippen LogP contribution < -0.4 is 0 Å². The molecule has 1 aromatic carbocycles. The van der Waals surface area contributed by atoms with Crippen molar-refractivity contribution in [1.29, 1.82) is 0 Å². The van der Waals surface area contributed by atoms with Crippen molar-refractivity contribution in [2.24, 2.45) is 5.92 Å². The van der Waals surface area contributed by atoms with E-state index in [1.807, 2.05) is 7.05 Å². The molecule has 0 bridgehead atoms. The van der Waals surface area contributed by atoms with E-state index >= 15 is 0 Å². The van der Waals surface area contributed by atoms with Crippen molar-refractivity contribution in [3.8, 4) is 0 Å². The number of halogens is 1. The smallest absolute Gasteiger partial charge is 0.308 e. The Hall–Kier alpha value is -1.42. The summed E-state index contributed by atoms with van der Waals surface area (Å²) >= 11 is 0. The molecule has 4 heteroatoms. The second-order valence-corrected chi connectivity index (χ2v) is 5.69. The number of carbonyl (C=O) groups is 1. The van der Waals surface area contributed by atoms with E-state index in [0.29, 0.717) is 6.54 Å². The normalized spacial score (nSPS) is 23.6. The van der Waals surface area contributed by atoms with Gasteiger partial charge in [-0.15, -0.1) is 0 Å². The summed E-state index contributed by atoms with van der Waals surface area (Å²) in [4.78, 5) is 13.6. The molecule has 3 nitrogen and oxygen atoms in total. The van der Waals surface area contributed by atoms with Crippen molar-refractivity contribution in [2.45, 2.75) is 44.7 Å². The molecule has 0 aromatic heterocycles. The molecule has 1 N–H and O–H groups in total. The van der Waals surface area contributed by atoms with Crippen molar-refractivity contribution in [1.82, 2.24) is 4.90 Å². The fourth-order valence-electron chi connectivity index (χ4n) is 3.10. The van der Waals surface area contributed by atoms with Crippen LogP contribution in [0.3, 0.4) is 0 Å². The molecular weight excluding hydrogens is 257 g/mol. The zero-order valence-electron chi connectivity index (χ0n) is 11.9. The Bertz CT molecular complexity index is 446. The fourth-order valence-corrected chi connectivity index (χ4v) is 3.10. The third-order valence-corrected chi connectivity index (χ3v) is 4.21. The Labute approximate surface area is 119 Å². The molecule has 1 aliphatic rings. The summed E-state index contributed by atoms with van der Waals surface area (Å²) in [6.45, 7) is 0.661. The number of hydrogen-bond acceptors (Lipinski definition) is 2. The third-order valence-electron chi connectivity index (χ3n) is 4.21. The molecule has 2 unspecified atom stereocenters. The largest absolute Gasteiger partial charge is 0.481 e. The molecule has 1 saturated carbocycles. The van der Waals surface area contributed by atoms with Crippen LogP contribution in [0.4, 0.5) is 4.39 Å². The minimum Gasteiger partial charge on any atom is -0.481 e. The fraction of sp³-hybridized carbons (Fsp3) is 0.562. The standard InChI is InChI=1S/C16H22FNO2/c1-18(11-12-7-9-13(17)10-8-12)15-6-4-2-3-5-14(15)16(19)20/h7-10,14-15H,2-6,11H2,1H3,(H,19,20). The first-order valence-electron chi connectivity index (χ1n) is 7.25. The van der Waals surface area contributed by atoms with Crippen LogP contribution in [0.5, 0.6) is 0 Å². The van der Waals surface area contributed by atoms with Crippen molar-refractivity contribution >= 4 is 5.97 Å². The van der Waals surface area contributed by atoms with Crippen molar-refractivity contribution in [2.75, 3.05) is 7.05 Å². The quantitative estimate of drug-likeness (QED) is 0.860. The molecule has 0 amide bonds. The van der Waals surface area contributed by atoms with Crippen LogP contribution >= 0.6 is 0 Å². The number of nitrogens with zero attached hydrogens (tertiary/aromatic N) is 1. The number of hydrogen-bond donors (Lipinski definition) is 1. The molecule has 0 heterocycles. The molecular formula is C16H22FNO2. The highest BCUT2D eigenvalue weighted by Gasteiger charge is 2.32.